The summed E-state index contributed by atoms with van der Waals surface area (Å²) in [5, 5.41) is 9.66. The van der Waals surface area contributed by atoms with Crippen LogP contribution in [0.3, 0.4) is 0 Å². The van der Waals surface area contributed by atoms with Gasteiger partial charge in [-0.05, 0) is 32.2 Å². The van der Waals surface area contributed by atoms with Gasteiger partial charge in [0.05, 0.1) is 6.61 Å². The van der Waals surface area contributed by atoms with Gasteiger partial charge in [-0.3, -0.25) is 4.90 Å². The summed E-state index contributed by atoms with van der Waals surface area (Å²) in [6.07, 6.45) is 0. The molecule has 0 saturated carbocycles. The molecule has 0 fully saturated rings. The number of hydrogen-bond donors (Lipinski definition) is 1. The normalized spacial score (nSPS) is 13.1. The Balaban J connectivity index is 2.78. The third kappa shape index (κ3) is 3.18. The molecule has 3 nitrogen and oxygen atoms in total. The average Bonchev–Trinajstić information content (AvgIpc) is 2.28. The van der Waals surface area contributed by atoms with Crippen LogP contribution in [0.2, 0.25) is 0 Å². The van der Waals surface area contributed by atoms with Crippen LogP contribution in [0.4, 0.5) is 4.39 Å². The molecule has 1 N–H and O–H groups in total. The summed E-state index contributed by atoms with van der Waals surface area (Å²) in [7, 11) is 3.55. The van der Waals surface area contributed by atoms with Crippen molar-refractivity contribution in [2.75, 3.05) is 27.3 Å². The molecule has 90 valence electrons. The van der Waals surface area contributed by atoms with Gasteiger partial charge >= 0.3 is 0 Å². The molecule has 0 aromatic heterocycles. The van der Waals surface area contributed by atoms with Gasteiger partial charge in [0.1, 0.15) is 11.6 Å². The summed E-state index contributed by atoms with van der Waals surface area (Å²) in [6.45, 7) is 3.26. The Morgan fingerprint density at radius 3 is 2.81 bits per heavy atom. The number of methoxy groups -OCH3 is 1. The lowest BCUT2D eigenvalue weighted by Crippen LogP contribution is -2.26. The third-order valence-electron chi connectivity index (χ3n) is 2.75. The molecule has 0 aliphatic rings. The summed E-state index contributed by atoms with van der Waals surface area (Å²) < 4.78 is 18.0. The van der Waals surface area contributed by atoms with E-state index in [4.69, 9.17) is 4.74 Å². The highest BCUT2D eigenvalue weighted by molar-refractivity contribution is 5.34. The fraction of sp³-hybridized carbons (Fsp3) is 0.500. The number of aromatic hydroxyl groups is 1. The Bertz CT molecular complexity index is 344. The molecule has 0 aliphatic heterocycles. The van der Waals surface area contributed by atoms with Crippen LogP contribution in [0.5, 0.6) is 5.75 Å². The number of rotatable bonds is 5. The van der Waals surface area contributed by atoms with Gasteiger partial charge in [0, 0.05) is 25.3 Å². The lowest BCUT2D eigenvalue weighted by Gasteiger charge is -2.25. The van der Waals surface area contributed by atoms with Gasteiger partial charge in [0.25, 0.3) is 0 Å². The van der Waals surface area contributed by atoms with Gasteiger partial charge in [-0.25, -0.2) is 4.39 Å². The van der Waals surface area contributed by atoms with E-state index in [0.717, 1.165) is 6.54 Å². The van der Waals surface area contributed by atoms with Crippen molar-refractivity contribution in [2.24, 2.45) is 0 Å². The summed E-state index contributed by atoms with van der Waals surface area (Å²) in [5.74, 6) is -0.210. The Hall–Kier alpha value is -1.13. The first kappa shape index (κ1) is 12.9. The summed E-state index contributed by atoms with van der Waals surface area (Å²) >= 11 is 0. The van der Waals surface area contributed by atoms with Gasteiger partial charge in [0.2, 0.25) is 0 Å². The van der Waals surface area contributed by atoms with Gasteiger partial charge < -0.3 is 9.84 Å². The molecule has 1 rings (SSSR count). The Kier molecular flexibility index (Phi) is 4.71. The molecule has 0 radical (unpaired) electrons. The lowest BCUT2D eigenvalue weighted by molar-refractivity contribution is 0.142. The van der Waals surface area contributed by atoms with Crippen molar-refractivity contribution in [1.29, 1.82) is 0 Å². The zero-order valence-corrected chi connectivity index (χ0v) is 9.90. The maximum absolute atomic E-state index is 13.1. The zero-order valence-electron chi connectivity index (χ0n) is 9.90. The fourth-order valence-electron chi connectivity index (χ4n) is 1.53. The Morgan fingerprint density at radius 2 is 2.19 bits per heavy atom. The van der Waals surface area contributed by atoms with Crippen LogP contribution in [-0.4, -0.2) is 37.3 Å². The topological polar surface area (TPSA) is 32.7 Å². The number of phenols is 1. The van der Waals surface area contributed by atoms with Gasteiger partial charge in [-0.2, -0.15) is 0 Å². The van der Waals surface area contributed by atoms with E-state index in [-0.39, 0.29) is 17.6 Å². The minimum atomic E-state index is -0.334. The highest BCUT2D eigenvalue weighted by Crippen LogP contribution is 2.27. The molecule has 0 aliphatic carbocycles. The van der Waals surface area contributed by atoms with Crippen LogP contribution < -0.4 is 0 Å². The van der Waals surface area contributed by atoms with Crippen molar-refractivity contribution < 1.29 is 14.2 Å². The molecule has 1 aromatic rings. The highest BCUT2D eigenvalue weighted by atomic mass is 19.1. The number of ether oxygens (including phenoxy) is 1. The second-order valence-corrected chi connectivity index (χ2v) is 3.85. The van der Waals surface area contributed by atoms with Gasteiger partial charge in [-0.1, -0.05) is 0 Å². The van der Waals surface area contributed by atoms with Crippen molar-refractivity contribution in [3.63, 3.8) is 0 Å². The number of likely N-dealkylation sites (N-methyl/N-ethyl adjacent to an activating group) is 1. The van der Waals surface area contributed by atoms with Crippen molar-refractivity contribution in [3.05, 3.63) is 29.6 Å². The number of hydrogen-bond acceptors (Lipinski definition) is 3. The van der Waals surface area contributed by atoms with E-state index in [0.29, 0.717) is 12.2 Å². The van der Waals surface area contributed by atoms with E-state index in [9.17, 15) is 9.50 Å². The van der Waals surface area contributed by atoms with E-state index in [1.165, 1.54) is 18.2 Å². The van der Waals surface area contributed by atoms with E-state index < -0.39 is 0 Å². The second-order valence-electron chi connectivity index (χ2n) is 3.85. The zero-order chi connectivity index (χ0) is 12.1. The van der Waals surface area contributed by atoms with Crippen LogP contribution >= 0.6 is 0 Å². The first-order chi connectivity index (χ1) is 7.56. The highest BCUT2D eigenvalue weighted by Gasteiger charge is 2.15. The van der Waals surface area contributed by atoms with Crippen LogP contribution in [0.1, 0.15) is 18.5 Å². The molecule has 4 heteroatoms. The molecular formula is C12H18FNO2. The van der Waals surface area contributed by atoms with Crippen molar-refractivity contribution in [3.8, 4) is 5.75 Å². The summed E-state index contributed by atoms with van der Waals surface area (Å²) in [4.78, 5) is 2.00. The van der Waals surface area contributed by atoms with E-state index >= 15 is 0 Å². The molecule has 0 bridgehead atoms. The largest absolute Gasteiger partial charge is 0.508 e. The molecule has 0 saturated heterocycles. The summed E-state index contributed by atoms with van der Waals surface area (Å²) in [6, 6.07) is 3.95. The molecule has 16 heavy (non-hydrogen) atoms. The number of benzene rings is 1. The monoisotopic (exact) mass is 227 g/mol. The van der Waals surface area contributed by atoms with Crippen molar-refractivity contribution in [1.82, 2.24) is 4.90 Å². The van der Waals surface area contributed by atoms with Crippen LogP contribution in [0.15, 0.2) is 18.2 Å². The van der Waals surface area contributed by atoms with Crippen LogP contribution in [-0.2, 0) is 4.74 Å². The lowest BCUT2D eigenvalue weighted by atomic mass is 10.1. The Morgan fingerprint density at radius 1 is 1.50 bits per heavy atom. The standard InChI is InChI=1S/C12H18FNO2/c1-9(14(2)6-7-16-3)11-8-10(13)4-5-12(11)15/h4-5,8-9,15H,6-7H2,1-3H3. The molecule has 0 heterocycles. The number of halogens is 1. The van der Waals surface area contributed by atoms with Gasteiger partial charge in [-0.15, -0.1) is 0 Å². The minimum absolute atomic E-state index is 0.0501. The van der Waals surface area contributed by atoms with E-state index in [2.05, 4.69) is 0 Å². The van der Waals surface area contributed by atoms with Crippen LogP contribution in [0.25, 0.3) is 0 Å². The molecule has 0 spiro atoms. The second kappa shape index (κ2) is 5.82. The number of phenolic OH excluding ortho intramolecular Hbond substituents is 1. The van der Waals surface area contributed by atoms with Crippen molar-refractivity contribution >= 4 is 0 Å². The summed E-state index contributed by atoms with van der Waals surface area (Å²) in [5.41, 5.74) is 0.596. The molecule has 1 aromatic carbocycles. The quantitative estimate of drug-likeness (QED) is 0.836. The van der Waals surface area contributed by atoms with Crippen LogP contribution in [0, 0.1) is 5.82 Å². The maximum Gasteiger partial charge on any atom is 0.123 e. The predicted octanol–water partition coefficient (Wildman–Crippen LogP) is 2.17. The Labute approximate surface area is 95.5 Å². The minimum Gasteiger partial charge on any atom is -0.508 e. The van der Waals surface area contributed by atoms with Crippen molar-refractivity contribution in [2.45, 2.75) is 13.0 Å². The van der Waals surface area contributed by atoms with E-state index in [1.807, 2.05) is 18.9 Å². The molecular weight excluding hydrogens is 209 g/mol. The average molecular weight is 227 g/mol. The first-order valence-electron chi connectivity index (χ1n) is 5.24. The maximum atomic E-state index is 13.1. The molecule has 1 unspecified atom stereocenters. The molecule has 0 amide bonds. The number of nitrogens with zero attached hydrogens (tertiary/aromatic N) is 1. The molecule has 1 atom stereocenters. The van der Waals surface area contributed by atoms with E-state index in [1.54, 1.807) is 7.11 Å². The smallest absolute Gasteiger partial charge is 0.123 e. The first-order valence-corrected chi connectivity index (χ1v) is 5.24. The fourth-order valence-corrected chi connectivity index (χ4v) is 1.53. The predicted molar refractivity (Wildman–Crippen MR) is 61.0 cm³/mol. The van der Waals surface area contributed by atoms with Gasteiger partial charge in [0.15, 0.2) is 0 Å². The SMILES string of the molecule is COCCN(C)C(C)c1cc(F)ccc1O. The third-order valence-corrected chi connectivity index (χ3v) is 2.75.